The third kappa shape index (κ3) is 2.29. The molecule has 0 radical (unpaired) electrons. The molecule has 0 atom stereocenters. The molecule has 0 aliphatic carbocycles. The SMILES string of the molecule is Cn1ncc2cc(-c3ccc(C(=O)C(=O)O)cc3)ccc21. The molecule has 0 aliphatic heterocycles. The fraction of sp³-hybridized carbons (Fsp3) is 0.0625. The molecule has 0 amide bonds. The normalized spacial score (nSPS) is 10.7. The molecule has 21 heavy (non-hydrogen) atoms. The predicted octanol–water partition coefficient (Wildman–Crippen LogP) is 2.51. The summed E-state index contributed by atoms with van der Waals surface area (Å²) in [6.07, 6.45) is 1.79. The van der Waals surface area contributed by atoms with Crippen molar-refractivity contribution in [1.82, 2.24) is 9.78 Å². The Labute approximate surface area is 120 Å². The molecule has 3 aromatic rings. The number of fused-ring (bicyclic) bond motifs is 1. The fourth-order valence-electron chi connectivity index (χ4n) is 2.28. The van der Waals surface area contributed by atoms with Gasteiger partial charge in [-0.2, -0.15) is 5.10 Å². The predicted molar refractivity (Wildman–Crippen MR) is 78.1 cm³/mol. The maximum atomic E-state index is 11.4. The summed E-state index contributed by atoms with van der Waals surface area (Å²) in [6, 6.07) is 12.5. The van der Waals surface area contributed by atoms with Crippen LogP contribution in [0.4, 0.5) is 0 Å². The number of carbonyl (C=O) groups is 2. The van der Waals surface area contributed by atoms with Crippen molar-refractivity contribution in [3.63, 3.8) is 0 Å². The number of carbonyl (C=O) groups excluding carboxylic acids is 1. The van der Waals surface area contributed by atoms with Crippen molar-refractivity contribution in [1.29, 1.82) is 0 Å². The minimum atomic E-state index is -1.44. The van der Waals surface area contributed by atoms with Gasteiger partial charge in [0.25, 0.3) is 5.78 Å². The first kappa shape index (κ1) is 13.1. The molecule has 0 bridgehead atoms. The quantitative estimate of drug-likeness (QED) is 0.591. The molecule has 2 aromatic carbocycles. The van der Waals surface area contributed by atoms with Gasteiger partial charge in [-0.1, -0.05) is 30.3 Å². The maximum absolute atomic E-state index is 11.4. The Kier molecular flexibility index (Phi) is 3.02. The van der Waals surface area contributed by atoms with Crippen molar-refractivity contribution in [3.8, 4) is 11.1 Å². The number of rotatable bonds is 3. The van der Waals surface area contributed by atoms with Gasteiger partial charge in [-0.15, -0.1) is 0 Å². The number of carboxylic acid groups (broad SMARTS) is 1. The van der Waals surface area contributed by atoms with E-state index in [1.54, 1.807) is 23.0 Å². The van der Waals surface area contributed by atoms with Crippen LogP contribution in [-0.4, -0.2) is 26.6 Å². The summed E-state index contributed by atoms with van der Waals surface area (Å²) < 4.78 is 1.80. The molecule has 5 nitrogen and oxygen atoms in total. The van der Waals surface area contributed by atoms with Crippen LogP contribution in [0.5, 0.6) is 0 Å². The van der Waals surface area contributed by atoms with Crippen molar-refractivity contribution < 1.29 is 14.7 Å². The van der Waals surface area contributed by atoms with Gasteiger partial charge in [0.05, 0.1) is 11.7 Å². The van der Waals surface area contributed by atoms with Gasteiger partial charge in [0.15, 0.2) is 0 Å². The first-order valence-electron chi connectivity index (χ1n) is 6.36. The Morgan fingerprint density at radius 1 is 1.05 bits per heavy atom. The van der Waals surface area contributed by atoms with Crippen molar-refractivity contribution >= 4 is 22.7 Å². The first-order chi connectivity index (χ1) is 10.1. The topological polar surface area (TPSA) is 72.2 Å². The number of hydrogen-bond acceptors (Lipinski definition) is 3. The molecule has 1 aromatic heterocycles. The Balaban J connectivity index is 1.98. The first-order valence-corrected chi connectivity index (χ1v) is 6.36. The molecular weight excluding hydrogens is 268 g/mol. The van der Waals surface area contributed by atoms with Crippen molar-refractivity contribution in [2.45, 2.75) is 0 Å². The Morgan fingerprint density at radius 2 is 1.71 bits per heavy atom. The van der Waals surface area contributed by atoms with Crippen LogP contribution in [0.2, 0.25) is 0 Å². The van der Waals surface area contributed by atoms with Crippen molar-refractivity contribution in [3.05, 3.63) is 54.2 Å². The van der Waals surface area contributed by atoms with Crippen LogP contribution in [0.25, 0.3) is 22.0 Å². The van der Waals surface area contributed by atoms with Crippen molar-refractivity contribution in [2.24, 2.45) is 7.05 Å². The number of carboxylic acids is 1. The highest BCUT2D eigenvalue weighted by Crippen LogP contribution is 2.24. The zero-order valence-electron chi connectivity index (χ0n) is 11.3. The lowest BCUT2D eigenvalue weighted by molar-refractivity contribution is -0.131. The van der Waals surface area contributed by atoms with E-state index < -0.39 is 11.8 Å². The minimum Gasteiger partial charge on any atom is -0.475 e. The van der Waals surface area contributed by atoms with E-state index in [0.717, 1.165) is 22.0 Å². The number of Topliss-reactive ketones (excluding diaryl/α,β-unsaturated/α-hetero) is 1. The standard InChI is InChI=1S/C16H12N2O3/c1-18-14-7-6-12(8-13(14)9-17-18)10-2-4-11(5-3-10)15(19)16(20)21/h2-9H,1H3,(H,20,21). The number of aliphatic carboxylic acids is 1. The molecule has 0 spiro atoms. The zero-order valence-corrected chi connectivity index (χ0v) is 11.3. The number of hydrogen-bond donors (Lipinski definition) is 1. The summed E-state index contributed by atoms with van der Waals surface area (Å²) in [4.78, 5) is 22.0. The summed E-state index contributed by atoms with van der Waals surface area (Å²) in [5.74, 6) is -2.34. The lowest BCUT2D eigenvalue weighted by atomic mass is 10.0. The van der Waals surface area contributed by atoms with Crippen LogP contribution >= 0.6 is 0 Å². The van der Waals surface area contributed by atoms with Crippen LogP contribution in [0.3, 0.4) is 0 Å². The summed E-state index contributed by atoms with van der Waals surface area (Å²) in [5.41, 5.74) is 3.12. The number of aryl methyl sites for hydroxylation is 1. The van der Waals surface area contributed by atoms with E-state index in [0.29, 0.717) is 0 Å². The average molecular weight is 280 g/mol. The third-order valence-electron chi connectivity index (χ3n) is 3.42. The van der Waals surface area contributed by atoms with Crippen molar-refractivity contribution in [2.75, 3.05) is 0 Å². The van der Waals surface area contributed by atoms with Gasteiger partial charge in [0, 0.05) is 18.0 Å². The van der Waals surface area contributed by atoms with E-state index in [-0.39, 0.29) is 5.56 Å². The molecule has 0 unspecified atom stereocenters. The number of nitrogens with zero attached hydrogens (tertiary/aromatic N) is 2. The van der Waals surface area contributed by atoms with E-state index in [4.69, 9.17) is 5.11 Å². The molecule has 1 heterocycles. The summed E-state index contributed by atoms with van der Waals surface area (Å²) in [6.45, 7) is 0. The average Bonchev–Trinajstić information content (AvgIpc) is 2.87. The second-order valence-corrected chi connectivity index (χ2v) is 4.75. The lowest BCUT2D eigenvalue weighted by Gasteiger charge is -2.03. The highest BCUT2D eigenvalue weighted by molar-refractivity contribution is 6.39. The number of benzene rings is 2. The van der Waals surface area contributed by atoms with E-state index in [1.807, 2.05) is 25.2 Å². The highest BCUT2D eigenvalue weighted by Gasteiger charge is 2.14. The summed E-state index contributed by atoms with van der Waals surface area (Å²) in [7, 11) is 1.88. The maximum Gasteiger partial charge on any atom is 0.377 e. The molecule has 1 N–H and O–H groups in total. The molecule has 5 heteroatoms. The van der Waals surface area contributed by atoms with E-state index in [2.05, 4.69) is 5.10 Å². The smallest absolute Gasteiger partial charge is 0.377 e. The van der Waals surface area contributed by atoms with Gasteiger partial charge >= 0.3 is 5.97 Å². The molecule has 104 valence electrons. The molecule has 3 rings (SSSR count). The van der Waals surface area contributed by atoms with Crippen LogP contribution in [0.15, 0.2) is 48.7 Å². The molecule has 0 saturated carbocycles. The highest BCUT2D eigenvalue weighted by atomic mass is 16.4. The van der Waals surface area contributed by atoms with Crippen LogP contribution in [-0.2, 0) is 11.8 Å². The second kappa shape index (κ2) is 4.86. The monoisotopic (exact) mass is 280 g/mol. The van der Waals surface area contributed by atoms with Crippen LogP contribution in [0, 0.1) is 0 Å². The summed E-state index contributed by atoms with van der Waals surface area (Å²) >= 11 is 0. The Hall–Kier alpha value is -2.95. The van der Waals surface area contributed by atoms with Crippen LogP contribution in [0.1, 0.15) is 10.4 Å². The fourth-order valence-corrected chi connectivity index (χ4v) is 2.28. The van der Waals surface area contributed by atoms with Gasteiger partial charge in [0.2, 0.25) is 0 Å². The molecular formula is C16H12N2O3. The van der Waals surface area contributed by atoms with Gasteiger partial charge < -0.3 is 5.11 Å². The largest absolute Gasteiger partial charge is 0.475 e. The van der Waals surface area contributed by atoms with Gasteiger partial charge in [0.1, 0.15) is 0 Å². The molecule has 0 fully saturated rings. The third-order valence-corrected chi connectivity index (χ3v) is 3.42. The van der Waals surface area contributed by atoms with Gasteiger partial charge in [-0.3, -0.25) is 9.48 Å². The van der Waals surface area contributed by atoms with E-state index >= 15 is 0 Å². The number of ketones is 1. The van der Waals surface area contributed by atoms with E-state index in [1.165, 1.54) is 12.1 Å². The Morgan fingerprint density at radius 3 is 2.38 bits per heavy atom. The van der Waals surface area contributed by atoms with Gasteiger partial charge in [-0.05, 0) is 23.3 Å². The van der Waals surface area contributed by atoms with Gasteiger partial charge in [-0.25, -0.2) is 4.79 Å². The minimum absolute atomic E-state index is 0.175. The molecule has 0 saturated heterocycles. The zero-order chi connectivity index (χ0) is 15.0. The van der Waals surface area contributed by atoms with Crippen LogP contribution < -0.4 is 0 Å². The lowest BCUT2D eigenvalue weighted by Crippen LogP contribution is -2.12. The molecule has 0 aliphatic rings. The summed E-state index contributed by atoms with van der Waals surface area (Å²) in [5, 5.41) is 13.9. The Bertz CT molecular complexity index is 848. The number of aromatic nitrogens is 2. The van der Waals surface area contributed by atoms with E-state index in [9.17, 15) is 9.59 Å². The second-order valence-electron chi connectivity index (χ2n) is 4.75.